The van der Waals surface area contributed by atoms with Crippen molar-refractivity contribution in [1.29, 1.82) is 0 Å². The van der Waals surface area contributed by atoms with Gasteiger partial charge in [0.1, 0.15) is 11.5 Å². The summed E-state index contributed by atoms with van der Waals surface area (Å²) in [5, 5.41) is 3.65. The molecule has 0 spiro atoms. The van der Waals surface area contributed by atoms with E-state index in [1.165, 1.54) is 6.42 Å². The van der Waals surface area contributed by atoms with E-state index in [0.29, 0.717) is 5.69 Å². The van der Waals surface area contributed by atoms with Crippen LogP contribution in [0, 0.1) is 6.92 Å². The number of carbonyl (C=O) groups is 1. The van der Waals surface area contributed by atoms with E-state index < -0.39 is 15.6 Å². The molecular weight excluding hydrogens is 292 g/mol. The first-order valence-electron chi connectivity index (χ1n) is 7.26. The minimum Gasteiger partial charge on any atom is -0.360 e. The van der Waals surface area contributed by atoms with Crippen LogP contribution in [-0.2, 0) is 20.4 Å². The highest BCUT2D eigenvalue weighted by molar-refractivity contribution is 7.91. The number of hydrogen-bond donors (Lipinski definition) is 0. The van der Waals surface area contributed by atoms with Crippen molar-refractivity contribution in [2.24, 2.45) is 0 Å². The van der Waals surface area contributed by atoms with Crippen LogP contribution in [0.15, 0.2) is 10.6 Å². The Morgan fingerprint density at radius 2 is 2.05 bits per heavy atom. The zero-order valence-electron chi connectivity index (χ0n) is 12.5. The van der Waals surface area contributed by atoms with Crippen molar-refractivity contribution in [3.63, 3.8) is 0 Å². The van der Waals surface area contributed by atoms with Crippen LogP contribution in [0.2, 0.25) is 0 Å². The molecule has 1 aliphatic rings. The van der Waals surface area contributed by atoms with Crippen LogP contribution >= 0.6 is 0 Å². The molecule has 0 N–H and O–H groups in total. The van der Waals surface area contributed by atoms with E-state index >= 15 is 0 Å². The number of rotatable bonds is 5. The Morgan fingerprint density at radius 1 is 1.38 bits per heavy atom. The van der Waals surface area contributed by atoms with Crippen molar-refractivity contribution in [3.05, 3.63) is 17.5 Å². The Kier molecular flexibility index (Phi) is 5.03. The number of nitrogens with zero attached hydrogens (tertiary/aromatic N) is 2. The van der Waals surface area contributed by atoms with E-state index in [1.54, 1.807) is 24.9 Å². The van der Waals surface area contributed by atoms with Gasteiger partial charge in [-0.1, -0.05) is 24.4 Å². The lowest BCUT2D eigenvalue weighted by Gasteiger charge is -2.31. The highest BCUT2D eigenvalue weighted by Crippen LogP contribution is 2.22. The van der Waals surface area contributed by atoms with Crippen molar-refractivity contribution >= 4 is 15.7 Å². The average Bonchev–Trinajstić information content (AvgIpc) is 2.82. The first kappa shape index (κ1) is 16.0. The fourth-order valence-electron chi connectivity index (χ4n) is 2.71. The zero-order chi connectivity index (χ0) is 15.5. The van der Waals surface area contributed by atoms with Gasteiger partial charge < -0.3 is 9.42 Å². The summed E-state index contributed by atoms with van der Waals surface area (Å²) in [4.78, 5) is 13.8. The molecule has 1 aliphatic carbocycles. The summed E-state index contributed by atoms with van der Waals surface area (Å²) in [7, 11) is -1.83. The summed E-state index contributed by atoms with van der Waals surface area (Å²) in [6, 6.07) is 1.75. The fraction of sp³-hybridized carbons (Fsp3) is 0.714. The van der Waals surface area contributed by atoms with Crippen molar-refractivity contribution in [2.45, 2.75) is 50.8 Å². The van der Waals surface area contributed by atoms with Gasteiger partial charge in [-0.3, -0.25) is 4.79 Å². The van der Waals surface area contributed by atoms with Crippen molar-refractivity contribution in [1.82, 2.24) is 10.1 Å². The van der Waals surface area contributed by atoms with E-state index in [-0.39, 0.29) is 23.5 Å². The molecule has 1 heterocycles. The van der Waals surface area contributed by atoms with E-state index in [4.69, 9.17) is 4.52 Å². The van der Waals surface area contributed by atoms with Gasteiger partial charge in [0.25, 0.3) is 0 Å². The normalized spacial score (nSPS) is 16.9. The predicted molar refractivity (Wildman–Crippen MR) is 78.4 cm³/mol. The number of carbonyl (C=O) groups excluding carboxylic acids is 1. The first-order valence-corrected chi connectivity index (χ1v) is 9.08. The summed E-state index contributed by atoms with van der Waals surface area (Å²) in [5.41, 5.74) is 0.630. The minimum absolute atomic E-state index is 0.175. The molecule has 0 unspecified atom stereocenters. The van der Waals surface area contributed by atoms with Crippen LogP contribution in [0.3, 0.4) is 0 Å². The van der Waals surface area contributed by atoms with E-state index in [0.717, 1.165) is 25.7 Å². The second-order valence-electron chi connectivity index (χ2n) is 5.76. The largest absolute Gasteiger partial charge is 0.360 e. The molecule has 0 atom stereocenters. The smallest absolute Gasteiger partial charge is 0.237 e. The van der Waals surface area contributed by atoms with Gasteiger partial charge >= 0.3 is 0 Å². The number of sulfone groups is 1. The molecular formula is C14H22N2O4S. The van der Waals surface area contributed by atoms with Gasteiger partial charge in [0.2, 0.25) is 5.91 Å². The molecule has 0 saturated heterocycles. The molecule has 0 aromatic carbocycles. The molecule has 118 valence electrons. The summed E-state index contributed by atoms with van der Waals surface area (Å²) < 4.78 is 29.0. The molecule has 0 radical (unpaired) electrons. The maximum atomic E-state index is 12.2. The lowest BCUT2D eigenvalue weighted by atomic mass is 9.94. The lowest BCUT2D eigenvalue weighted by Crippen LogP contribution is -2.41. The van der Waals surface area contributed by atoms with Gasteiger partial charge in [0.05, 0.1) is 5.69 Å². The van der Waals surface area contributed by atoms with Crippen molar-refractivity contribution in [3.8, 4) is 0 Å². The number of hydrogen-bond acceptors (Lipinski definition) is 5. The van der Waals surface area contributed by atoms with Gasteiger partial charge in [-0.15, -0.1) is 0 Å². The molecule has 0 aliphatic heterocycles. The van der Waals surface area contributed by atoms with Crippen LogP contribution in [0.5, 0.6) is 0 Å². The van der Waals surface area contributed by atoms with Crippen LogP contribution < -0.4 is 0 Å². The highest BCUT2D eigenvalue weighted by Gasteiger charge is 2.26. The molecule has 7 heteroatoms. The highest BCUT2D eigenvalue weighted by atomic mass is 32.2. The molecule has 1 saturated carbocycles. The SMILES string of the molecule is Cc1cc(CS(=O)(=O)CC(=O)N(C)C2CCCCC2)on1. The van der Waals surface area contributed by atoms with Gasteiger partial charge in [-0.05, 0) is 19.8 Å². The Morgan fingerprint density at radius 3 is 2.62 bits per heavy atom. The molecule has 1 aromatic heterocycles. The number of aromatic nitrogens is 1. The summed E-state index contributed by atoms with van der Waals surface area (Å²) in [6.07, 6.45) is 5.33. The molecule has 2 rings (SSSR count). The topological polar surface area (TPSA) is 80.5 Å². The second-order valence-corrected chi connectivity index (χ2v) is 7.83. The van der Waals surface area contributed by atoms with Crippen LogP contribution in [0.1, 0.15) is 43.6 Å². The molecule has 1 amide bonds. The van der Waals surface area contributed by atoms with E-state index in [2.05, 4.69) is 5.16 Å². The Hall–Kier alpha value is -1.37. The summed E-state index contributed by atoms with van der Waals surface area (Å²) in [6.45, 7) is 1.72. The summed E-state index contributed by atoms with van der Waals surface area (Å²) in [5.74, 6) is -0.809. The predicted octanol–water partition coefficient (Wildman–Crippen LogP) is 1.69. The lowest BCUT2D eigenvalue weighted by molar-refractivity contribution is -0.129. The molecule has 1 aromatic rings. The Bertz CT molecular complexity index is 588. The molecule has 1 fully saturated rings. The van der Waals surface area contributed by atoms with Gasteiger partial charge in [0, 0.05) is 19.2 Å². The van der Waals surface area contributed by atoms with E-state index in [1.807, 2.05) is 0 Å². The Balaban J connectivity index is 1.93. The summed E-state index contributed by atoms with van der Waals surface area (Å²) >= 11 is 0. The van der Waals surface area contributed by atoms with Crippen LogP contribution in [-0.4, -0.2) is 43.2 Å². The number of amides is 1. The Labute approximate surface area is 125 Å². The fourth-order valence-corrected chi connectivity index (χ4v) is 3.97. The van der Waals surface area contributed by atoms with Gasteiger partial charge in [-0.25, -0.2) is 8.42 Å². The maximum absolute atomic E-state index is 12.2. The molecule has 6 nitrogen and oxygen atoms in total. The monoisotopic (exact) mass is 314 g/mol. The molecule has 0 bridgehead atoms. The standard InChI is InChI=1S/C14H22N2O4S/c1-11-8-13(20-15-11)9-21(18,19)10-14(17)16(2)12-6-4-3-5-7-12/h8,12H,3-7,9-10H2,1-2H3. The van der Waals surface area contributed by atoms with E-state index in [9.17, 15) is 13.2 Å². The van der Waals surface area contributed by atoms with Gasteiger partial charge in [0.15, 0.2) is 15.6 Å². The second kappa shape index (κ2) is 6.60. The maximum Gasteiger partial charge on any atom is 0.237 e. The number of aryl methyl sites for hydroxylation is 1. The third-order valence-corrected chi connectivity index (χ3v) is 5.31. The first-order chi connectivity index (χ1) is 9.87. The zero-order valence-corrected chi connectivity index (χ0v) is 13.4. The molecule has 21 heavy (non-hydrogen) atoms. The van der Waals surface area contributed by atoms with Crippen molar-refractivity contribution < 1.29 is 17.7 Å². The van der Waals surface area contributed by atoms with Gasteiger partial charge in [-0.2, -0.15) is 0 Å². The average molecular weight is 314 g/mol. The minimum atomic E-state index is -3.53. The quantitative estimate of drug-likeness (QED) is 0.826. The van der Waals surface area contributed by atoms with Crippen molar-refractivity contribution in [2.75, 3.05) is 12.8 Å². The van der Waals surface area contributed by atoms with Crippen LogP contribution in [0.25, 0.3) is 0 Å². The third kappa shape index (κ3) is 4.56. The third-order valence-electron chi connectivity index (χ3n) is 3.90. The van der Waals surface area contributed by atoms with Crippen LogP contribution in [0.4, 0.5) is 0 Å².